The molecule has 3 aromatic rings. The molecule has 0 spiro atoms. The number of nitrogens with zero attached hydrogens (tertiary/aromatic N) is 1. The summed E-state index contributed by atoms with van der Waals surface area (Å²) in [5, 5.41) is 5.24. The van der Waals surface area contributed by atoms with Gasteiger partial charge in [0.1, 0.15) is 0 Å². The SMILES string of the molecule is CCNC(=O)Nc1ccccc1Cn1c(=O)cc(C(F)(F)F)c2ccccc21. The Bertz CT molecular complexity index is 1070. The number of amides is 2. The van der Waals surface area contributed by atoms with E-state index in [0.29, 0.717) is 23.9 Å². The van der Waals surface area contributed by atoms with Crippen molar-refractivity contribution < 1.29 is 18.0 Å². The van der Waals surface area contributed by atoms with Gasteiger partial charge in [0.15, 0.2) is 0 Å². The highest BCUT2D eigenvalue weighted by molar-refractivity contribution is 5.90. The van der Waals surface area contributed by atoms with Crippen LogP contribution in [0, 0.1) is 0 Å². The standard InChI is InChI=1S/C20H18F3N3O2/c1-2-24-19(28)25-16-9-5-3-7-13(16)12-26-17-10-6-4-8-14(17)15(11-18(26)27)20(21,22)23/h3-11H,2,12H2,1H3,(H2,24,25,28). The van der Waals surface area contributed by atoms with Crippen LogP contribution in [0.4, 0.5) is 23.7 Å². The van der Waals surface area contributed by atoms with Crippen LogP contribution in [-0.2, 0) is 12.7 Å². The van der Waals surface area contributed by atoms with Gasteiger partial charge in [0.2, 0.25) is 0 Å². The maximum absolute atomic E-state index is 13.3. The largest absolute Gasteiger partial charge is 0.417 e. The Morgan fingerprint density at radius 3 is 2.46 bits per heavy atom. The lowest BCUT2D eigenvalue weighted by Gasteiger charge is -2.17. The van der Waals surface area contributed by atoms with Crippen LogP contribution in [0.25, 0.3) is 10.9 Å². The van der Waals surface area contributed by atoms with Gasteiger partial charge in [-0.15, -0.1) is 0 Å². The Morgan fingerprint density at radius 2 is 1.75 bits per heavy atom. The number of hydrogen-bond acceptors (Lipinski definition) is 2. The van der Waals surface area contributed by atoms with Gasteiger partial charge in [-0.3, -0.25) is 4.79 Å². The van der Waals surface area contributed by atoms with E-state index < -0.39 is 23.3 Å². The average Bonchev–Trinajstić information content (AvgIpc) is 2.64. The zero-order chi connectivity index (χ0) is 20.3. The first kappa shape index (κ1) is 19.5. The van der Waals surface area contributed by atoms with E-state index in [2.05, 4.69) is 10.6 Å². The Morgan fingerprint density at radius 1 is 1.07 bits per heavy atom. The summed E-state index contributed by atoms with van der Waals surface area (Å²) < 4.78 is 41.3. The van der Waals surface area contributed by atoms with Gasteiger partial charge in [-0.2, -0.15) is 13.2 Å². The topological polar surface area (TPSA) is 63.1 Å². The molecule has 5 nitrogen and oxygen atoms in total. The summed E-state index contributed by atoms with van der Waals surface area (Å²) in [4.78, 5) is 24.3. The number of alkyl halides is 3. The van der Waals surface area contributed by atoms with E-state index in [1.165, 1.54) is 22.8 Å². The molecule has 8 heteroatoms. The van der Waals surface area contributed by atoms with Crippen LogP contribution in [-0.4, -0.2) is 17.1 Å². The number of halogens is 3. The number of para-hydroxylation sites is 2. The highest BCUT2D eigenvalue weighted by atomic mass is 19.4. The van der Waals surface area contributed by atoms with Crippen LogP contribution < -0.4 is 16.2 Å². The molecule has 0 aliphatic carbocycles. The summed E-state index contributed by atoms with van der Waals surface area (Å²) in [6.07, 6.45) is -4.63. The van der Waals surface area contributed by atoms with E-state index in [4.69, 9.17) is 0 Å². The van der Waals surface area contributed by atoms with Crippen LogP contribution in [0.2, 0.25) is 0 Å². The third kappa shape index (κ3) is 4.00. The maximum Gasteiger partial charge on any atom is 0.417 e. The molecule has 2 aromatic carbocycles. The van der Waals surface area contributed by atoms with Crippen LogP contribution >= 0.6 is 0 Å². The number of fused-ring (bicyclic) bond motifs is 1. The highest BCUT2D eigenvalue weighted by Gasteiger charge is 2.33. The lowest BCUT2D eigenvalue weighted by molar-refractivity contribution is -0.136. The molecule has 0 saturated carbocycles. The molecule has 2 N–H and O–H groups in total. The lowest BCUT2D eigenvalue weighted by atomic mass is 10.1. The number of anilines is 1. The molecule has 0 aliphatic rings. The van der Waals surface area contributed by atoms with Gasteiger partial charge in [0.25, 0.3) is 5.56 Å². The van der Waals surface area contributed by atoms with Gasteiger partial charge in [0.05, 0.1) is 17.6 Å². The zero-order valence-corrected chi connectivity index (χ0v) is 15.0. The monoisotopic (exact) mass is 389 g/mol. The number of urea groups is 1. The van der Waals surface area contributed by atoms with E-state index in [1.807, 2.05) is 0 Å². The van der Waals surface area contributed by atoms with Gasteiger partial charge in [-0.1, -0.05) is 36.4 Å². The molecule has 0 unspecified atom stereocenters. The third-order valence-electron chi connectivity index (χ3n) is 4.26. The predicted octanol–water partition coefficient (Wildman–Crippen LogP) is 4.21. The molecule has 1 aromatic heterocycles. The quantitative estimate of drug-likeness (QED) is 0.702. The van der Waals surface area contributed by atoms with Crippen molar-refractivity contribution in [3.8, 4) is 0 Å². The molecular weight excluding hydrogens is 371 g/mol. The molecule has 2 amide bonds. The summed E-state index contributed by atoms with van der Waals surface area (Å²) in [6.45, 7) is 2.23. The summed E-state index contributed by atoms with van der Waals surface area (Å²) in [6, 6.07) is 12.9. The predicted molar refractivity (Wildman–Crippen MR) is 101 cm³/mol. The summed E-state index contributed by atoms with van der Waals surface area (Å²) in [7, 11) is 0. The summed E-state index contributed by atoms with van der Waals surface area (Å²) in [5.41, 5.74) is -0.475. The van der Waals surface area contributed by atoms with Crippen molar-refractivity contribution in [1.82, 2.24) is 9.88 Å². The second-order valence-electron chi connectivity index (χ2n) is 6.14. The molecule has 3 rings (SSSR count). The van der Waals surface area contributed by atoms with Crippen molar-refractivity contribution in [3.05, 3.63) is 76.1 Å². The van der Waals surface area contributed by atoms with Gasteiger partial charge in [-0.25, -0.2) is 4.79 Å². The smallest absolute Gasteiger partial charge is 0.338 e. The Balaban J connectivity index is 2.09. The van der Waals surface area contributed by atoms with Crippen molar-refractivity contribution in [2.75, 3.05) is 11.9 Å². The van der Waals surface area contributed by atoms with Crippen molar-refractivity contribution in [2.24, 2.45) is 0 Å². The normalized spacial score (nSPS) is 11.4. The number of nitrogens with one attached hydrogen (secondary N) is 2. The first-order valence-corrected chi connectivity index (χ1v) is 8.63. The maximum atomic E-state index is 13.3. The minimum absolute atomic E-state index is 0.0140. The number of benzene rings is 2. The number of rotatable bonds is 4. The first-order chi connectivity index (χ1) is 13.3. The van der Waals surface area contributed by atoms with E-state index in [9.17, 15) is 22.8 Å². The van der Waals surface area contributed by atoms with Gasteiger partial charge >= 0.3 is 12.2 Å². The van der Waals surface area contributed by atoms with Gasteiger partial charge < -0.3 is 15.2 Å². The molecular formula is C20H18F3N3O2. The molecule has 0 bridgehead atoms. The van der Waals surface area contributed by atoms with Crippen molar-refractivity contribution >= 4 is 22.6 Å². The Kier molecular flexibility index (Phi) is 5.39. The lowest BCUT2D eigenvalue weighted by Crippen LogP contribution is -2.29. The van der Waals surface area contributed by atoms with Gasteiger partial charge in [-0.05, 0) is 24.6 Å². The van der Waals surface area contributed by atoms with E-state index in [0.717, 1.165) is 0 Å². The average molecular weight is 389 g/mol. The Labute approximate surface area is 158 Å². The second kappa shape index (κ2) is 7.75. The molecule has 0 radical (unpaired) electrons. The number of hydrogen-bond donors (Lipinski definition) is 2. The number of carbonyl (C=O) groups is 1. The molecule has 0 aliphatic heterocycles. The van der Waals surface area contributed by atoms with E-state index in [1.54, 1.807) is 37.3 Å². The van der Waals surface area contributed by atoms with Gasteiger partial charge in [0, 0.05) is 23.7 Å². The molecule has 28 heavy (non-hydrogen) atoms. The fourth-order valence-electron chi connectivity index (χ4n) is 3.01. The summed E-state index contributed by atoms with van der Waals surface area (Å²) in [5.74, 6) is 0. The molecule has 146 valence electrons. The molecule has 0 saturated heterocycles. The molecule has 0 atom stereocenters. The third-order valence-corrected chi connectivity index (χ3v) is 4.26. The van der Waals surface area contributed by atoms with Crippen LogP contribution in [0.5, 0.6) is 0 Å². The van der Waals surface area contributed by atoms with Crippen LogP contribution in [0.15, 0.2) is 59.4 Å². The summed E-state index contributed by atoms with van der Waals surface area (Å²) >= 11 is 0. The number of aromatic nitrogens is 1. The van der Waals surface area contributed by atoms with Crippen molar-refractivity contribution in [3.63, 3.8) is 0 Å². The van der Waals surface area contributed by atoms with Crippen LogP contribution in [0.3, 0.4) is 0 Å². The highest BCUT2D eigenvalue weighted by Crippen LogP contribution is 2.33. The minimum atomic E-state index is -4.63. The first-order valence-electron chi connectivity index (χ1n) is 8.63. The van der Waals surface area contributed by atoms with Crippen LogP contribution in [0.1, 0.15) is 18.1 Å². The van der Waals surface area contributed by atoms with Crippen molar-refractivity contribution in [1.29, 1.82) is 0 Å². The fourth-order valence-corrected chi connectivity index (χ4v) is 3.01. The Hall–Kier alpha value is -3.29. The fraction of sp³-hybridized carbons (Fsp3) is 0.200. The van der Waals surface area contributed by atoms with E-state index in [-0.39, 0.29) is 17.4 Å². The molecule has 0 fully saturated rings. The van der Waals surface area contributed by atoms with Crippen molar-refractivity contribution in [2.45, 2.75) is 19.6 Å². The second-order valence-corrected chi connectivity index (χ2v) is 6.14. The minimum Gasteiger partial charge on any atom is -0.338 e. The number of pyridine rings is 1. The molecule has 1 heterocycles. The number of carbonyl (C=O) groups excluding carboxylic acids is 1. The van der Waals surface area contributed by atoms with E-state index >= 15 is 0 Å². The zero-order valence-electron chi connectivity index (χ0n) is 15.0.